The Morgan fingerprint density at radius 1 is 1.12 bits per heavy atom. The van der Waals surface area contributed by atoms with Crippen LogP contribution in [-0.4, -0.2) is 5.25 Å². The molecule has 0 rings (SSSR count). The van der Waals surface area contributed by atoms with Crippen LogP contribution in [0.5, 0.6) is 0 Å². The van der Waals surface area contributed by atoms with Crippen molar-refractivity contribution in [2.45, 2.75) is 39.4 Å². The second-order valence-corrected chi connectivity index (χ2v) is 3.92. The van der Waals surface area contributed by atoms with Gasteiger partial charge in [0.1, 0.15) is 0 Å². The maximum atomic E-state index is 4.57. The second-order valence-electron chi connectivity index (χ2n) is 3.40. The Hall–Kier alpha value is -0.950. The lowest BCUT2D eigenvalue weighted by Gasteiger charge is -2.12. The quantitative estimate of drug-likeness (QED) is 0.370. The summed E-state index contributed by atoms with van der Waals surface area (Å²) in [5.74, 6) is 0. The normalized spacial score (nSPS) is 13.9. The average Bonchev–Trinajstić information content (AvgIpc) is 2.32. The minimum absolute atomic E-state index is 0.144. The highest BCUT2D eigenvalue weighted by molar-refractivity contribution is 7.81. The van der Waals surface area contributed by atoms with Gasteiger partial charge in [-0.05, 0) is 38.3 Å². The zero-order valence-electron chi connectivity index (χ0n) is 11.6. The highest BCUT2D eigenvalue weighted by Gasteiger charge is 2.08. The van der Waals surface area contributed by atoms with Crippen molar-refractivity contribution in [3.05, 3.63) is 60.8 Å². The summed E-state index contributed by atoms with van der Waals surface area (Å²) in [5.41, 5.74) is 2.38. The third-order valence-corrected chi connectivity index (χ3v) is 2.68. The third kappa shape index (κ3) is 8.82. The van der Waals surface area contributed by atoms with Crippen LogP contribution in [-0.2, 0) is 0 Å². The van der Waals surface area contributed by atoms with Crippen molar-refractivity contribution >= 4 is 12.6 Å². The number of allylic oxidation sites excluding steroid dienone is 6. The summed E-state index contributed by atoms with van der Waals surface area (Å²) in [6, 6.07) is 0. The van der Waals surface area contributed by atoms with Crippen molar-refractivity contribution in [2.75, 3.05) is 0 Å². The summed E-state index contributed by atoms with van der Waals surface area (Å²) in [4.78, 5) is 0. The summed E-state index contributed by atoms with van der Waals surface area (Å²) >= 11 is 4.57. The minimum atomic E-state index is 0.144. The molecule has 0 aliphatic carbocycles. The van der Waals surface area contributed by atoms with Crippen LogP contribution in [0.15, 0.2) is 60.8 Å². The first-order valence-corrected chi connectivity index (χ1v) is 6.50. The molecule has 0 heterocycles. The van der Waals surface area contributed by atoms with Crippen LogP contribution < -0.4 is 0 Å². The molecule has 0 aliphatic rings. The van der Waals surface area contributed by atoms with Crippen molar-refractivity contribution in [1.29, 1.82) is 0 Å². The van der Waals surface area contributed by atoms with E-state index in [-0.39, 0.29) is 5.25 Å². The Morgan fingerprint density at radius 3 is 1.88 bits per heavy atom. The molecule has 96 valence electrons. The highest BCUT2D eigenvalue weighted by atomic mass is 32.1. The molecule has 1 heteroatoms. The van der Waals surface area contributed by atoms with E-state index in [0.29, 0.717) is 0 Å². The highest BCUT2D eigenvalue weighted by Crippen LogP contribution is 2.20. The Balaban J connectivity index is 0. The van der Waals surface area contributed by atoms with E-state index < -0.39 is 0 Å². The number of hydrogen-bond donors (Lipinski definition) is 1. The smallest absolute Gasteiger partial charge is 0.0509 e. The lowest BCUT2D eigenvalue weighted by Crippen LogP contribution is -2.03. The van der Waals surface area contributed by atoms with Gasteiger partial charge in [0.05, 0.1) is 5.25 Å². The van der Waals surface area contributed by atoms with Crippen molar-refractivity contribution in [3.8, 4) is 0 Å². The predicted octanol–water partition coefficient (Wildman–Crippen LogP) is 5.52. The summed E-state index contributed by atoms with van der Waals surface area (Å²) in [5, 5.41) is 0.144. The van der Waals surface area contributed by atoms with E-state index in [9.17, 15) is 0 Å². The molecular weight excluding hydrogens is 224 g/mol. The fourth-order valence-corrected chi connectivity index (χ4v) is 1.67. The molecule has 0 aromatic rings. The molecule has 17 heavy (non-hydrogen) atoms. The van der Waals surface area contributed by atoms with E-state index in [0.717, 1.165) is 12.0 Å². The first kappa shape index (κ1) is 18.4. The number of thiol groups is 1. The van der Waals surface area contributed by atoms with Gasteiger partial charge in [0.25, 0.3) is 0 Å². The molecule has 0 bridgehead atoms. The maximum Gasteiger partial charge on any atom is 0.0509 e. The van der Waals surface area contributed by atoms with Gasteiger partial charge in [-0.2, -0.15) is 12.6 Å². The van der Waals surface area contributed by atoms with Crippen LogP contribution in [0.2, 0.25) is 0 Å². The summed E-state index contributed by atoms with van der Waals surface area (Å²) in [6.07, 6.45) is 13.1. The molecule has 0 radical (unpaired) electrons. The van der Waals surface area contributed by atoms with Crippen LogP contribution >= 0.6 is 12.6 Å². The first-order chi connectivity index (χ1) is 8.12. The van der Waals surface area contributed by atoms with Gasteiger partial charge >= 0.3 is 0 Å². The molecule has 1 atom stereocenters. The average molecular weight is 250 g/mol. The topological polar surface area (TPSA) is 0 Å². The van der Waals surface area contributed by atoms with Gasteiger partial charge in [0, 0.05) is 0 Å². The predicted molar refractivity (Wildman–Crippen MR) is 85.8 cm³/mol. The lowest BCUT2D eigenvalue weighted by molar-refractivity contribution is 1.18. The molecule has 1 unspecified atom stereocenters. The zero-order valence-corrected chi connectivity index (χ0v) is 12.5. The van der Waals surface area contributed by atoms with Crippen molar-refractivity contribution in [3.63, 3.8) is 0 Å². The van der Waals surface area contributed by atoms with Crippen LogP contribution in [0.4, 0.5) is 0 Å². The third-order valence-electron chi connectivity index (χ3n) is 2.08. The van der Waals surface area contributed by atoms with Crippen LogP contribution in [0, 0.1) is 0 Å². The van der Waals surface area contributed by atoms with E-state index in [4.69, 9.17) is 0 Å². The van der Waals surface area contributed by atoms with Crippen LogP contribution in [0.3, 0.4) is 0 Å². The Bertz CT molecular complexity index is 293. The first-order valence-electron chi connectivity index (χ1n) is 5.99. The summed E-state index contributed by atoms with van der Waals surface area (Å²) in [6.45, 7) is 15.2. The van der Waals surface area contributed by atoms with Crippen molar-refractivity contribution < 1.29 is 0 Å². The van der Waals surface area contributed by atoms with E-state index in [1.165, 1.54) is 5.57 Å². The van der Waals surface area contributed by atoms with Crippen LogP contribution in [0.25, 0.3) is 0 Å². The molecule has 0 saturated carbocycles. The molecule has 0 aromatic carbocycles. The van der Waals surface area contributed by atoms with E-state index >= 15 is 0 Å². The zero-order chi connectivity index (χ0) is 13.7. The van der Waals surface area contributed by atoms with Crippen molar-refractivity contribution in [1.82, 2.24) is 0 Å². The Kier molecular flexibility index (Phi) is 14.2. The SMILES string of the molecule is C=C/C(=C\C)C(S)C(/C=C\CC)=C/C.C=CC. The van der Waals surface area contributed by atoms with Gasteiger partial charge < -0.3 is 0 Å². The van der Waals surface area contributed by atoms with Gasteiger partial charge in [-0.3, -0.25) is 0 Å². The van der Waals surface area contributed by atoms with Crippen LogP contribution in [0.1, 0.15) is 34.1 Å². The molecular formula is C16H26S. The Labute approximate surface area is 113 Å². The molecule has 0 nitrogen and oxygen atoms in total. The van der Waals surface area contributed by atoms with Gasteiger partial charge in [-0.1, -0.05) is 50.0 Å². The van der Waals surface area contributed by atoms with E-state index in [2.05, 4.69) is 50.9 Å². The fourth-order valence-electron chi connectivity index (χ4n) is 1.18. The van der Waals surface area contributed by atoms with Crippen molar-refractivity contribution in [2.24, 2.45) is 0 Å². The molecule has 0 spiro atoms. The molecule has 0 fully saturated rings. The molecule has 0 aromatic heterocycles. The molecule has 0 N–H and O–H groups in total. The molecule has 0 amide bonds. The van der Waals surface area contributed by atoms with Gasteiger partial charge in [0.15, 0.2) is 0 Å². The van der Waals surface area contributed by atoms with Gasteiger partial charge in [-0.25, -0.2) is 0 Å². The summed E-state index contributed by atoms with van der Waals surface area (Å²) in [7, 11) is 0. The second kappa shape index (κ2) is 13.1. The fraction of sp³-hybridized carbons (Fsp3) is 0.375. The van der Waals surface area contributed by atoms with E-state index in [1.54, 1.807) is 6.08 Å². The monoisotopic (exact) mass is 250 g/mol. The molecule has 0 saturated heterocycles. The maximum absolute atomic E-state index is 4.57. The summed E-state index contributed by atoms with van der Waals surface area (Å²) < 4.78 is 0. The standard InChI is InChI=1S/C13H20S.C3H6/c1-5-9-10-12(8-4)13(14)11(6-2)7-3;1-3-2/h6-10,13-14H,2,5H2,1,3-4H3;3H,1H2,2H3/b10-9-,11-7+,12-8+;. The largest absolute Gasteiger partial charge is 0.166 e. The molecule has 0 aliphatic heterocycles. The van der Waals surface area contributed by atoms with Gasteiger partial charge in [-0.15, -0.1) is 6.58 Å². The van der Waals surface area contributed by atoms with Gasteiger partial charge in [0.2, 0.25) is 0 Å². The lowest BCUT2D eigenvalue weighted by atomic mass is 10.0. The number of rotatable bonds is 5. The Morgan fingerprint density at radius 2 is 1.59 bits per heavy atom. The van der Waals surface area contributed by atoms with E-state index in [1.807, 2.05) is 32.9 Å². The number of hydrogen-bond acceptors (Lipinski definition) is 1. The minimum Gasteiger partial charge on any atom is -0.166 e.